The van der Waals surface area contributed by atoms with E-state index in [-0.39, 0.29) is 23.0 Å². The number of nitrogens with two attached hydrogens (primary N) is 1. The molecule has 0 saturated carbocycles. The van der Waals surface area contributed by atoms with Gasteiger partial charge < -0.3 is 20.3 Å². The number of carbonyl (C=O) groups excluding carboxylic acids is 1. The van der Waals surface area contributed by atoms with Crippen LogP contribution >= 0.6 is 11.6 Å². The molecule has 1 fully saturated rings. The van der Waals surface area contributed by atoms with Crippen LogP contribution in [0, 0.1) is 5.41 Å². The number of carboxylic acid groups (broad SMARTS) is 1. The zero-order valence-electron chi connectivity index (χ0n) is 14.4. The Hall–Kier alpha value is -2.54. The second-order valence-electron chi connectivity index (χ2n) is 6.55. The van der Waals surface area contributed by atoms with Crippen molar-refractivity contribution >= 4 is 29.3 Å². The Morgan fingerprint density at radius 3 is 2.65 bits per heavy atom. The van der Waals surface area contributed by atoms with Gasteiger partial charge in [-0.3, -0.25) is 4.79 Å². The minimum atomic E-state index is -1.14. The van der Waals surface area contributed by atoms with Crippen LogP contribution in [0.4, 0.5) is 5.82 Å². The van der Waals surface area contributed by atoms with E-state index in [4.69, 9.17) is 21.9 Å². The van der Waals surface area contributed by atoms with Gasteiger partial charge in [0.05, 0.1) is 5.41 Å². The Kier molecular flexibility index (Phi) is 4.91. The largest absolute Gasteiger partial charge is 0.477 e. The smallest absolute Gasteiger partial charge is 0.343 e. The topological polar surface area (TPSA) is 110 Å². The summed E-state index contributed by atoms with van der Waals surface area (Å²) in [5, 5.41) is 14.3. The maximum Gasteiger partial charge on any atom is 0.343 e. The van der Waals surface area contributed by atoms with Crippen molar-refractivity contribution in [3.05, 3.63) is 34.9 Å². The van der Waals surface area contributed by atoms with Crippen LogP contribution in [0.15, 0.2) is 28.8 Å². The molecule has 1 aliphatic heterocycles. The predicted octanol–water partition coefficient (Wildman–Crippen LogP) is 3.18. The van der Waals surface area contributed by atoms with Gasteiger partial charge in [-0.2, -0.15) is 0 Å². The van der Waals surface area contributed by atoms with Gasteiger partial charge >= 0.3 is 5.97 Å². The van der Waals surface area contributed by atoms with E-state index < -0.39 is 11.4 Å². The van der Waals surface area contributed by atoms with Gasteiger partial charge in [0, 0.05) is 23.7 Å². The molecule has 1 atom stereocenters. The summed E-state index contributed by atoms with van der Waals surface area (Å²) in [7, 11) is 0. The Balaban J connectivity index is 2.02. The minimum Gasteiger partial charge on any atom is -0.477 e. The molecule has 8 heteroatoms. The normalized spacial score (nSPS) is 20.2. The van der Waals surface area contributed by atoms with Crippen molar-refractivity contribution in [1.82, 2.24) is 5.16 Å². The third-order valence-electron chi connectivity index (χ3n) is 5.07. The van der Waals surface area contributed by atoms with Gasteiger partial charge in [-0.05, 0) is 43.5 Å². The first kappa shape index (κ1) is 18.3. The van der Waals surface area contributed by atoms with E-state index in [0.717, 1.165) is 6.42 Å². The SMILES string of the molecule is CCC1(C(N)=O)CCCN(c2noc(-c3ccc(Cl)cc3)c2C(=O)O)C1. The maximum absolute atomic E-state index is 12.0. The van der Waals surface area contributed by atoms with E-state index in [9.17, 15) is 14.7 Å². The molecule has 7 nitrogen and oxygen atoms in total. The Labute approximate surface area is 155 Å². The molecule has 0 radical (unpaired) electrons. The number of halogens is 1. The van der Waals surface area contributed by atoms with Crippen LogP contribution < -0.4 is 10.6 Å². The quantitative estimate of drug-likeness (QED) is 0.828. The molecule has 1 aromatic heterocycles. The summed E-state index contributed by atoms with van der Waals surface area (Å²) in [6.45, 7) is 2.82. The van der Waals surface area contributed by atoms with Crippen LogP contribution in [0.25, 0.3) is 11.3 Å². The first-order valence-corrected chi connectivity index (χ1v) is 8.79. The van der Waals surface area contributed by atoms with E-state index in [2.05, 4.69) is 5.16 Å². The second kappa shape index (κ2) is 6.99. The fraction of sp³-hybridized carbons (Fsp3) is 0.389. The molecule has 0 aliphatic carbocycles. The lowest BCUT2D eigenvalue weighted by Crippen LogP contribution is -2.50. The summed E-state index contributed by atoms with van der Waals surface area (Å²) in [5.41, 5.74) is 5.48. The van der Waals surface area contributed by atoms with Gasteiger partial charge in [0.2, 0.25) is 5.91 Å². The summed E-state index contributed by atoms with van der Waals surface area (Å²) >= 11 is 5.89. The van der Waals surface area contributed by atoms with Crippen LogP contribution in [0.3, 0.4) is 0 Å². The van der Waals surface area contributed by atoms with Crippen molar-refractivity contribution in [1.29, 1.82) is 0 Å². The first-order valence-electron chi connectivity index (χ1n) is 8.42. The fourth-order valence-corrected chi connectivity index (χ4v) is 3.59. The van der Waals surface area contributed by atoms with Gasteiger partial charge in [-0.25, -0.2) is 4.79 Å². The highest BCUT2D eigenvalue weighted by atomic mass is 35.5. The molecule has 26 heavy (non-hydrogen) atoms. The molecule has 1 unspecified atom stereocenters. The van der Waals surface area contributed by atoms with Gasteiger partial charge in [-0.15, -0.1) is 0 Å². The van der Waals surface area contributed by atoms with Crippen LogP contribution in [0.1, 0.15) is 36.5 Å². The number of amides is 1. The third kappa shape index (κ3) is 3.14. The van der Waals surface area contributed by atoms with Crippen LogP contribution in [-0.4, -0.2) is 35.2 Å². The van der Waals surface area contributed by atoms with Crippen molar-refractivity contribution in [3.8, 4) is 11.3 Å². The van der Waals surface area contributed by atoms with Crippen molar-refractivity contribution in [2.75, 3.05) is 18.0 Å². The van der Waals surface area contributed by atoms with Crippen molar-refractivity contribution < 1.29 is 19.2 Å². The first-order chi connectivity index (χ1) is 12.4. The van der Waals surface area contributed by atoms with Crippen molar-refractivity contribution in [2.24, 2.45) is 11.1 Å². The number of carboxylic acids is 1. The van der Waals surface area contributed by atoms with Crippen LogP contribution in [0.5, 0.6) is 0 Å². The van der Waals surface area contributed by atoms with Crippen molar-refractivity contribution in [3.63, 3.8) is 0 Å². The summed E-state index contributed by atoms with van der Waals surface area (Å²) in [6.07, 6.45) is 1.99. The number of anilines is 1. The fourth-order valence-electron chi connectivity index (χ4n) is 3.47. The molecule has 0 bridgehead atoms. The highest BCUT2D eigenvalue weighted by Crippen LogP contribution is 2.38. The molecule has 138 valence electrons. The van der Waals surface area contributed by atoms with Crippen LogP contribution in [0.2, 0.25) is 5.02 Å². The lowest BCUT2D eigenvalue weighted by atomic mass is 9.77. The predicted molar refractivity (Wildman–Crippen MR) is 97.3 cm³/mol. The van der Waals surface area contributed by atoms with Gasteiger partial charge in [-0.1, -0.05) is 23.7 Å². The van der Waals surface area contributed by atoms with Gasteiger partial charge in [0.15, 0.2) is 17.1 Å². The Bertz CT molecular complexity index is 833. The number of piperidine rings is 1. The number of carbonyl (C=O) groups is 2. The number of rotatable bonds is 5. The molecule has 1 aliphatic rings. The highest BCUT2D eigenvalue weighted by molar-refractivity contribution is 6.30. The molecule has 1 amide bonds. The molecule has 0 spiro atoms. The number of benzene rings is 1. The molecule has 2 heterocycles. The molecule has 2 aromatic rings. The van der Waals surface area contributed by atoms with E-state index in [0.29, 0.717) is 36.5 Å². The van der Waals surface area contributed by atoms with Gasteiger partial charge in [0.1, 0.15) is 0 Å². The van der Waals surface area contributed by atoms with E-state index in [1.165, 1.54) is 0 Å². The zero-order chi connectivity index (χ0) is 18.9. The van der Waals surface area contributed by atoms with E-state index in [1.807, 2.05) is 6.92 Å². The standard InChI is InChI=1S/C18H20ClN3O4/c1-2-18(17(20)25)8-3-9-22(10-18)15-13(16(23)24)14(26-21-15)11-4-6-12(19)7-5-11/h4-7H,2-3,8-10H2,1H3,(H2,20,25)(H,23,24). The van der Waals surface area contributed by atoms with Gasteiger partial charge in [0.25, 0.3) is 0 Å². The zero-order valence-corrected chi connectivity index (χ0v) is 15.1. The maximum atomic E-state index is 12.0. The monoisotopic (exact) mass is 377 g/mol. The number of hydrogen-bond acceptors (Lipinski definition) is 5. The number of aromatic carboxylic acids is 1. The molecule has 1 saturated heterocycles. The minimum absolute atomic E-state index is 0.0244. The Morgan fingerprint density at radius 2 is 2.08 bits per heavy atom. The summed E-state index contributed by atoms with van der Waals surface area (Å²) in [6, 6.07) is 6.66. The van der Waals surface area contributed by atoms with E-state index in [1.54, 1.807) is 29.2 Å². The lowest BCUT2D eigenvalue weighted by molar-refractivity contribution is -0.128. The number of primary amides is 1. The number of nitrogens with zero attached hydrogens (tertiary/aromatic N) is 2. The summed E-state index contributed by atoms with van der Waals surface area (Å²) in [4.78, 5) is 25.7. The third-order valence-corrected chi connectivity index (χ3v) is 5.32. The van der Waals surface area contributed by atoms with Crippen LogP contribution in [-0.2, 0) is 4.79 Å². The molecule has 3 N–H and O–H groups in total. The van der Waals surface area contributed by atoms with Crippen molar-refractivity contribution in [2.45, 2.75) is 26.2 Å². The summed E-state index contributed by atoms with van der Waals surface area (Å²) < 4.78 is 5.37. The Morgan fingerprint density at radius 1 is 1.38 bits per heavy atom. The highest BCUT2D eigenvalue weighted by Gasteiger charge is 2.41. The number of aromatic nitrogens is 1. The average molecular weight is 378 g/mol. The van der Waals surface area contributed by atoms with E-state index >= 15 is 0 Å². The lowest BCUT2D eigenvalue weighted by Gasteiger charge is -2.40. The summed E-state index contributed by atoms with van der Waals surface area (Å²) in [5.74, 6) is -1.13. The molecular formula is C18H20ClN3O4. The molecular weight excluding hydrogens is 358 g/mol. The molecule has 1 aromatic carbocycles. The molecule has 3 rings (SSSR count). The second-order valence-corrected chi connectivity index (χ2v) is 6.98. The number of hydrogen-bond donors (Lipinski definition) is 2. The average Bonchev–Trinajstić information content (AvgIpc) is 3.07.